The number of rotatable bonds is 6. The standard InChI is InChI=1S/C11H16Cl2N2O5S.ClH/c1-15(2)21(16,17)20-10-6(5-14)9(18-3)7(12)11(19-4)8(10)13;/h5,14H2,1-4H3;1H. The Morgan fingerprint density at radius 2 is 1.50 bits per heavy atom. The number of hydrogen-bond donors (Lipinski definition) is 1. The second-order valence-corrected chi connectivity index (χ2v) is 6.54. The molecule has 0 amide bonds. The first-order chi connectivity index (χ1) is 9.71. The summed E-state index contributed by atoms with van der Waals surface area (Å²) >= 11 is 12.2. The van der Waals surface area contributed by atoms with Crippen LogP contribution in [0.5, 0.6) is 17.2 Å². The minimum Gasteiger partial charge on any atom is -0.495 e. The van der Waals surface area contributed by atoms with E-state index in [1.54, 1.807) is 0 Å². The van der Waals surface area contributed by atoms with E-state index in [0.29, 0.717) is 0 Å². The molecule has 2 N–H and O–H groups in total. The largest absolute Gasteiger partial charge is 0.495 e. The topological polar surface area (TPSA) is 91.1 Å². The summed E-state index contributed by atoms with van der Waals surface area (Å²) in [6.45, 7) is -0.0924. The highest BCUT2D eigenvalue weighted by atomic mass is 35.5. The van der Waals surface area contributed by atoms with Gasteiger partial charge in [-0.2, -0.15) is 12.7 Å². The van der Waals surface area contributed by atoms with Gasteiger partial charge in [0.1, 0.15) is 15.8 Å². The van der Waals surface area contributed by atoms with Crippen molar-refractivity contribution in [3.63, 3.8) is 0 Å². The van der Waals surface area contributed by atoms with E-state index in [4.69, 9.17) is 42.6 Å². The summed E-state index contributed by atoms with van der Waals surface area (Å²) in [5, 5.41) is -0.0192. The molecule has 0 heterocycles. The van der Waals surface area contributed by atoms with Crippen LogP contribution in [0, 0.1) is 0 Å². The number of ether oxygens (including phenoxy) is 2. The van der Waals surface area contributed by atoms with Crippen LogP contribution in [0.2, 0.25) is 10.0 Å². The van der Waals surface area contributed by atoms with E-state index in [-0.39, 0.29) is 51.8 Å². The monoisotopic (exact) mass is 394 g/mol. The lowest BCUT2D eigenvalue weighted by molar-refractivity contribution is 0.381. The Bertz CT molecular complexity index is 637. The zero-order chi connectivity index (χ0) is 16.4. The maximum atomic E-state index is 11.9. The van der Waals surface area contributed by atoms with Crippen LogP contribution in [0.1, 0.15) is 5.56 Å². The zero-order valence-electron chi connectivity index (χ0n) is 12.3. The van der Waals surface area contributed by atoms with Gasteiger partial charge in [-0.1, -0.05) is 23.2 Å². The summed E-state index contributed by atoms with van der Waals surface area (Å²) in [5.41, 5.74) is 5.85. The van der Waals surface area contributed by atoms with Gasteiger partial charge in [0.05, 0.1) is 19.8 Å². The first-order valence-corrected chi connectivity index (χ1v) is 7.77. The Morgan fingerprint density at radius 3 is 1.86 bits per heavy atom. The summed E-state index contributed by atoms with van der Waals surface area (Å²) in [7, 11) is 1.29. The quantitative estimate of drug-likeness (QED) is 0.793. The summed E-state index contributed by atoms with van der Waals surface area (Å²) in [5.74, 6) is 0.00618. The van der Waals surface area contributed by atoms with E-state index >= 15 is 0 Å². The third-order valence-electron chi connectivity index (χ3n) is 2.59. The van der Waals surface area contributed by atoms with Gasteiger partial charge in [-0.05, 0) is 0 Å². The highest BCUT2D eigenvalue weighted by molar-refractivity contribution is 7.84. The predicted octanol–water partition coefficient (Wildman–Crippen LogP) is 2.08. The molecule has 1 rings (SSSR count). The van der Waals surface area contributed by atoms with Crippen molar-refractivity contribution in [1.29, 1.82) is 0 Å². The molecule has 0 aliphatic heterocycles. The number of hydrogen-bond acceptors (Lipinski definition) is 6. The first-order valence-electron chi connectivity index (χ1n) is 5.65. The molecule has 0 fully saturated rings. The average molecular weight is 396 g/mol. The number of nitrogens with two attached hydrogens (primary N) is 1. The molecule has 0 aromatic heterocycles. The van der Waals surface area contributed by atoms with E-state index in [2.05, 4.69) is 0 Å². The van der Waals surface area contributed by atoms with Crippen LogP contribution in [0.15, 0.2) is 0 Å². The fraction of sp³-hybridized carbons (Fsp3) is 0.455. The Balaban J connectivity index is 0.00000441. The smallest absolute Gasteiger partial charge is 0.384 e. The van der Waals surface area contributed by atoms with Crippen molar-refractivity contribution < 1.29 is 22.1 Å². The molecule has 0 bridgehead atoms. The molecule has 0 radical (unpaired) electrons. The summed E-state index contributed by atoms with van der Waals surface area (Å²) in [6, 6.07) is 0. The molecule has 22 heavy (non-hydrogen) atoms. The van der Waals surface area contributed by atoms with Crippen molar-refractivity contribution in [3.8, 4) is 17.2 Å². The lowest BCUT2D eigenvalue weighted by Gasteiger charge is -2.20. The molecule has 1 aromatic rings. The normalized spacial score (nSPS) is 11.1. The lowest BCUT2D eigenvalue weighted by atomic mass is 10.1. The van der Waals surface area contributed by atoms with E-state index < -0.39 is 10.3 Å². The molecule has 0 atom stereocenters. The van der Waals surface area contributed by atoms with Gasteiger partial charge in [0.25, 0.3) is 0 Å². The van der Waals surface area contributed by atoms with Gasteiger partial charge in [-0.25, -0.2) is 0 Å². The predicted molar refractivity (Wildman–Crippen MR) is 87.9 cm³/mol. The van der Waals surface area contributed by atoms with Gasteiger partial charge in [0, 0.05) is 20.6 Å². The van der Waals surface area contributed by atoms with Crippen LogP contribution < -0.4 is 19.4 Å². The summed E-state index contributed by atoms with van der Waals surface area (Å²) < 4.78 is 39.9. The highest BCUT2D eigenvalue weighted by Crippen LogP contribution is 2.49. The van der Waals surface area contributed by atoms with Gasteiger partial charge >= 0.3 is 10.3 Å². The molecule has 0 saturated carbocycles. The van der Waals surface area contributed by atoms with Crippen LogP contribution in [0.4, 0.5) is 0 Å². The fourth-order valence-corrected chi connectivity index (χ4v) is 2.84. The molecule has 0 aliphatic rings. The minimum absolute atomic E-state index is 0. The summed E-state index contributed by atoms with van der Waals surface area (Å²) in [4.78, 5) is 0. The molecule has 0 unspecified atom stereocenters. The Hall–Kier alpha value is -0.640. The average Bonchev–Trinajstić information content (AvgIpc) is 2.41. The molecule has 128 valence electrons. The van der Waals surface area contributed by atoms with Gasteiger partial charge in [-0.15, -0.1) is 12.4 Å². The number of methoxy groups -OCH3 is 2. The van der Waals surface area contributed by atoms with Gasteiger partial charge in [0.2, 0.25) is 0 Å². The first kappa shape index (κ1) is 21.4. The second kappa shape index (κ2) is 8.28. The van der Waals surface area contributed by atoms with E-state index in [1.165, 1.54) is 28.3 Å². The molecular formula is C11H17Cl3N2O5S. The Labute approximate surface area is 145 Å². The van der Waals surface area contributed by atoms with Crippen LogP contribution in [0.3, 0.4) is 0 Å². The van der Waals surface area contributed by atoms with Crippen molar-refractivity contribution in [1.82, 2.24) is 4.31 Å². The molecule has 0 saturated heterocycles. The fourth-order valence-electron chi connectivity index (χ4n) is 1.51. The molecule has 0 spiro atoms. The Morgan fingerprint density at radius 1 is 1.05 bits per heavy atom. The van der Waals surface area contributed by atoms with Gasteiger partial charge < -0.3 is 19.4 Å². The van der Waals surface area contributed by atoms with Crippen LogP contribution >= 0.6 is 35.6 Å². The van der Waals surface area contributed by atoms with Crippen LogP contribution in [0.25, 0.3) is 0 Å². The molecule has 0 aliphatic carbocycles. The third-order valence-corrected chi connectivity index (χ3v) is 4.55. The van der Waals surface area contributed by atoms with Crippen molar-refractivity contribution in [2.75, 3.05) is 28.3 Å². The third kappa shape index (κ3) is 4.01. The van der Waals surface area contributed by atoms with Gasteiger partial charge in [0.15, 0.2) is 11.5 Å². The molecular weight excluding hydrogens is 379 g/mol. The number of halogens is 3. The number of nitrogens with zero attached hydrogens (tertiary/aromatic N) is 1. The van der Waals surface area contributed by atoms with Crippen molar-refractivity contribution in [2.45, 2.75) is 6.54 Å². The van der Waals surface area contributed by atoms with E-state index in [0.717, 1.165) is 4.31 Å². The van der Waals surface area contributed by atoms with Gasteiger partial charge in [-0.3, -0.25) is 0 Å². The maximum absolute atomic E-state index is 11.9. The minimum atomic E-state index is -4.03. The maximum Gasteiger partial charge on any atom is 0.384 e. The zero-order valence-corrected chi connectivity index (χ0v) is 15.5. The molecule has 11 heteroatoms. The molecule has 1 aromatic carbocycles. The van der Waals surface area contributed by atoms with E-state index in [1.807, 2.05) is 0 Å². The van der Waals surface area contributed by atoms with Crippen molar-refractivity contribution in [2.24, 2.45) is 5.73 Å². The van der Waals surface area contributed by atoms with E-state index in [9.17, 15) is 8.42 Å². The molecule has 7 nitrogen and oxygen atoms in total. The number of benzene rings is 1. The van der Waals surface area contributed by atoms with Crippen LogP contribution in [-0.4, -0.2) is 41.0 Å². The highest BCUT2D eigenvalue weighted by Gasteiger charge is 2.28. The second-order valence-electron chi connectivity index (χ2n) is 4.03. The van der Waals surface area contributed by atoms with Crippen molar-refractivity contribution in [3.05, 3.63) is 15.6 Å². The Kier molecular flexibility index (Phi) is 8.04. The summed E-state index contributed by atoms with van der Waals surface area (Å²) in [6.07, 6.45) is 0. The SMILES string of the molecule is COc1c(Cl)c(OC)c(CN)c(OS(=O)(=O)N(C)C)c1Cl.Cl. The lowest BCUT2D eigenvalue weighted by Crippen LogP contribution is -2.27. The van der Waals surface area contributed by atoms with Crippen LogP contribution in [-0.2, 0) is 16.8 Å². The van der Waals surface area contributed by atoms with Crippen molar-refractivity contribution >= 4 is 45.9 Å².